The highest BCUT2D eigenvalue weighted by atomic mass is 32.2. The maximum absolute atomic E-state index is 11.7. The Balaban J connectivity index is -0.000000665. The quantitative estimate of drug-likeness (QED) is 0.0323. The molecule has 0 saturated heterocycles. The van der Waals surface area contributed by atoms with E-state index in [0.29, 0.717) is 6.42 Å². The van der Waals surface area contributed by atoms with Gasteiger partial charge in [-0.2, -0.15) is 8.42 Å². The maximum atomic E-state index is 11.7. The summed E-state index contributed by atoms with van der Waals surface area (Å²) in [5.74, 6) is -6.68. The largest absolute Gasteiger partial charge is 0.481 e. The van der Waals surface area contributed by atoms with Crippen molar-refractivity contribution >= 4 is 57.8 Å². The first-order valence-electron chi connectivity index (χ1n) is 14.4. The van der Waals surface area contributed by atoms with Crippen LogP contribution in [0.5, 0.6) is 0 Å². The topological polar surface area (TPSA) is 332 Å². The number of hydrogen-bond donors (Lipinski definition) is 6. The molecule has 49 heavy (non-hydrogen) atoms. The van der Waals surface area contributed by atoms with Crippen LogP contribution >= 0.6 is 0 Å². The van der Waals surface area contributed by atoms with Crippen LogP contribution in [0.1, 0.15) is 65.7 Å². The number of carboxylic acid groups (broad SMARTS) is 3. The minimum Gasteiger partial charge on any atom is -0.481 e. The molecule has 0 spiro atoms. The number of aliphatic carboxylic acids is 3. The summed E-state index contributed by atoms with van der Waals surface area (Å²) in [5.41, 5.74) is 0. The maximum Gasteiger partial charge on any atom is 0.323 e. The molecular formula is C27H45NO20S. The molecule has 0 aliphatic rings. The summed E-state index contributed by atoms with van der Waals surface area (Å²) in [6.45, 7) is 2.71. The van der Waals surface area contributed by atoms with E-state index >= 15 is 0 Å². The molecule has 0 aromatic rings. The van der Waals surface area contributed by atoms with E-state index in [9.17, 15) is 51.9 Å². The fraction of sp³-hybridized carbons (Fsp3) is 0.704. The number of rotatable bonds is 22. The molecule has 2 atom stereocenters. The second-order valence-electron chi connectivity index (χ2n) is 9.71. The Morgan fingerprint density at radius 3 is 1.59 bits per heavy atom. The van der Waals surface area contributed by atoms with Crippen LogP contribution in [-0.4, -0.2) is 149 Å². The van der Waals surface area contributed by atoms with Crippen molar-refractivity contribution in [3.63, 3.8) is 0 Å². The predicted molar refractivity (Wildman–Crippen MR) is 161 cm³/mol. The molecular weight excluding hydrogens is 690 g/mol. The van der Waals surface area contributed by atoms with Gasteiger partial charge in [0.25, 0.3) is 10.1 Å². The molecule has 0 aliphatic carbocycles. The van der Waals surface area contributed by atoms with Crippen molar-refractivity contribution in [3.8, 4) is 0 Å². The predicted octanol–water partition coefficient (Wildman–Crippen LogP) is -1.39. The van der Waals surface area contributed by atoms with E-state index in [2.05, 4.69) is 14.2 Å². The van der Waals surface area contributed by atoms with Gasteiger partial charge in [0.1, 0.15) is 25.0 Å². The first-order valence-corrected chi connectivity index (χ1v) is 16.0. The van der Waals surface area contributed by atoms with Gasteiger partial charge in [-0.25, -0.2) is 0 Å². The van der Waals surface area contributed by atoms with E-state index in [0.717, 1.165) is 11.8 Å². The van der Waals surface area contributed by atoms with Gasteiger partial charge < -0.3 is 49.4 Å². The molecule has 0 saturated carbocycles. The normalized spacial score (nSPS) is 11.5. The number of nitrogens with zero attached hydrogens (tertiary/aromatic N) is 1. The number of carbonyl (C=O) groups is 8. The summed E-state index contributed by atoms with van der Waals surface area (Å²) in [7, 11) is -4.21. The van der Waals surface area contributed by atoms with Crippen molar-refractivity contribution < 1.29 is 95.8 Å². The van der Waals surface area contributed by atoms with Crippen LogP contribution in [0.25, 0.3) is 0 Å². The standard InChI is InChI=1S/C11H17NO7.C11H18O7.C5H10O6S/c1-8(13)19-6-2-3-9(14)12(7-11(17)18)5-4-10(15)16;1-8(12)17-5-2-3-11(16)18-6-4-9(13)7-10(14)15;1-4(6)11-2-5(7)3-12(8,9)10/h2-7H2,1H3,(H,15,16)(H,17,18);9,13H,2-7H2,1H3,(H,14,15);5,7H,2-3H2,1H3,(H,8,9,10). The summed E-state index contributed by atoms with van der Waals surface area (Å²) >= 11 is 0. The third kappa shape index (κ3) is 41.6. The van der Waals surface area contributed by atoms with Gasteiger partial charge in [0.05, 0.1) is 38.8 Å². The lowest BCUT2D eigenvalue weighted by Gasteiger charge is -2.19. The van der Waals surface area contributed by atoms with Crippen LogP contribution in [0.2, 0.25) is 0 Å². The molecule has 1 amide bonds. The van der Waals surface area contributed by atoms with Gasteiger partial charge in [-0.05, 0) is 12.8 Å². The molecule has 6 N–H and O–H groups in total. The van der Waals surface area contributed by atoms with Gasteiger partial charge in [-0.15, -0.1) is 0 Å². The monoisotopic (exact) mass is 735 g/mol. The summed E-state index contributed by atoms with van der Waals surface area (Å²) in [6.07, 6.45) is -2.25. The minimum absolute atomic E-state index is 0.000178. The highest BCUT2D eigenvalue weighted by Gasteiger charge is 2.18. The lowest BCUT2D eigenvalue weighted by molar-refractivity contribution is -0.147. The molecule has 284 valence electrons. The first-order chi connectivity index (χ1) is 22.5. The number of carbonyl (C=O) groups excluding carboxylic acids is 5. The third-order valence-corrected chi connectivity index (χ3v) is 5.76. The minimum atomic E-state index is -4.21. The van der Waals surface area contributed by atoms with Crippen molar-refractivity contribution in [3.05, 3.63) is 0 Å². The summed E-state index contributed by atoms with van der Waals surface area (Å²) in [6, 6.07) is 0. The molecule has 0 aromatic carbocycles. The summed E-state index contributed by atoms with van der Waals surface area (Å²) in [5, 5.41) is 43.5. The van der Waals surface area contributed by atoms with Crippen LogP contribution in [-0.2, 0) is 67.4 Å². The second-order valence-corrected chi connectivity index (χ2v) is 11.2. The van der Waals surface area contributed by atoms with Gasteiger partial charge >= 0.3 is 41.8 Å². The molecule has 21 nitrogen and oxygen atoms in total. The van der Waals surface area contributed by atoms with E-state index in [1.165, 1.54) is 13.8 Å². The Hall–Kier alpha value is -4.41. The molecule has 0 aromatic heterocycles. The van der Waals surface area contributed by atoms with E-state index < -0.39 is 88.9 Å². The lowest BCUT2D eigenvalue weighted by Crippen LogP contribution is -2.37. The average Bonchev–Trinajstić information content (AvgIpc) is 2.93. The van der Waals surface area contributed by atoms with Gasteiger partial charge in [-0.3, -0.25) is 42.9 Å². The Labute approximate surface area is 281 Å². The zero-order valence-electron chi connectivity index (χ0n) is 27.3. The van der Waals surface area contributed by atoms with Crippen molar-refractivity contribution in [1.82, 2.24) is 4.90 Å². The fourth-order valence-electron chi connectivity index (χ4n) is 2.90. The number of hydrogen-bond acceptors (Lipinski definition) is 16. The van der Waals surface area contributed by atoms with Gasteiger partial charge in [-0.1, -0.05) is 0 Å². The van der Waals surface area contributed by atoms with Crippen LogP contribution in [0, 0.1) is 0 Å². The second kappa shape index (κ2) is 28.6. The Morgan fingerprint density at radius 1 is 0.653 bits per heavy atom. The third-order valence-electron chi connectivity index (χ3n) is 4.95. The number of amides is 1. The SMILES string of the molecule is CC(=O)OCC(O)CS(=O)(=O)O.CC(=O)OCCCC(=O)N(CCC(=O)O)CC(=O)O.CC(=O)OCCCC(=O)OCCC(O)CC(=O)O. The van der Waals surface area contributed by atoms with Crippen molar-refractivity contribution in [2.24, 2.45) is 0 Å². The average molecular weight is 736 g/mol. The summed E-state index contributed by atoms with van der Waals surface area (Å²) < 4.78 is 46.8. The highest BCUT2D eigenvalue weighted by molar-refractivity contribution is 7.85. The number of esters is 4. The number of carboxylic acids is 3. The van der Waals surface area contributed by atoms with Gasteiger partial charge in [0.2, 0.25) is 5.91 Å². The number of aliphatic hydroxyl groups is 2. The summed E-state index contributed by atoms with van der Waals surface area (Å²) in [4.78, 5) is 86.0. The Morgan fingerprint density at radius 2 is 1.16 bits per heavy atom. The molecule has 0 bridgehead atoms. The number of aliphatic hydroxyl groups excluding tert-OH is 2. The molecule has 0 heterocycles. The zero-order valence-corrected chi connectivity index (χ0v) is 28.1. The first kappa shape index (κ1) is 49.0. The van der Waals surface area contributed by atoms with Crippen LogP contribution in [0.4, 0.5) is 0 Å². The molecule has 2 unspecified atom stereocenters. The fourth-order valence-corrected chi connectivity index (χ4v) is 3.49. The molecule has 0 fully saturated rings. The van der Waals surface area contributed by atoms with E-state index in [-0.39, 0.29) is 64.9 Å². The van der Waals surface area contributed by atoms with E-state index in [1.807, 2.05) is 0 Å². The van der Waals surface area contributed by atoms with E-state index in [1.54, 1.807) is 0 Å². The Bertz CT molecular complexity index is 1170. The van der Waals surface area contributed by atoms with Crippen LogP contribution in [0.15, 0.2) is 0 Å². The smallest absolute Gasteiger partial charge is 0.323 e. The van der Waals surface area contributed by atoms with Crippen LogP contribution in [0.3, 0.4) is 0 Å². The van der Waals surface area contributed by atoms with Gasteiger partial charge in [0, 0.05) is 46.6 Å². The van der Waals surface area contributed by atoms with Crippen molar-refractivity contribution in [2.45, 2.75) is 77.9 Å². The molecule has 0 aliphatic heterocycles. The van der Waals surface area contributed by atoms with Gasteiger partial charge in [0.15, 0.2) is 0 Å². The molecule has 0 radical (unpaired) electrons. The van der Waals surface area contributed by atoms with Crippen molar-refractivity contribution in [2.75, 3.05) is 45.3 Å². The molecule has 0 rings (SSSR count). The highest BCUT2D eigenvalue weighted by Crippen LogP contribution is 2.02. The number of ether oxygens (including phenoxy) is 4. The van der Waals surface area contributed by atoms with Crippen LogP contribution < -0.4 is 0 Å². The Kier molecular flexibility index (Phi) is 28.6. The lowest BCUT2D eigenvalue weighted by atomic mass is 10.2. The molecule has 22 heteroatoms. The van der Waals surface area contributed by atoms with E-state index in [4.69, 9.17) is 29.7 Å². The van der Waals surface area contributed by atoms with Crippen molar-refractivity contribution in [1.29, 1.82) is 0 Å². The zero-order chi connectivity index (χ0) is 38.6.